The van der Waals surface area contributed by atoms with Crippen LogP contribution in [-0.2, 0) is 5.41 Å². The Morgan fingerprint density at radius 1 is 1.05 bits per heavy atom. The third-order valence-corrected chi connectivity index (χ3v) is 3.50. The summed E-state index contributed by atoms with van der Waals surface area (Å²) in [5.41, 5.74) is 4.92. The second kappa shape index (κ2) is 6.50. The topological polar surface area (TPSA) is 3.24 Å². The van der Waals surface area contributed by atoms with Crippen LogP contribution < -0.4 is 10.4 Å². The molecule has 0 N–H and O–H groups in total. The normalized spacial score (nSPS) is 11.7. The summed E-state index contributed by atoms with van der Waals surface area (Å²) >= 11 is 0. The lowest BCUT2D eigenvalue weighted by molar-refractivity contribution is 0.590. The quantitative estimate of drug-likeness (QED) is 0.727. The van der Waals surface area contributed by atoms with E-state index in [2.05, 4.69) is 58.6 Å². The van der Waals surface area contributed by atoms with Crippen molar-refractivity contribution in [2.75, 3.05) is 18.0 Å². The minimum atomic E-state index is 0.151. The molecule has 0 unspecified atom stereocenters. The summed E-state index contributed by atoms with van der Waals surface area (Å²) < 4.78 is 0. The molecule has 0 saturated carbocycles. The van der Waals surface area contributed by atoms with Crippen LogP contribution in [0.15, 0.2) is 12.1 Å². The van der Waals surface area contributed by atoms with Crippen molar-refractivity contribution in [3.05, 3.63) is 23.3 Å². The number of nitrogens with zero attached hydrogens (tertiary/aromatic N) is 1. The Morgan fingerprint density at radius 3 is 1.95 bits per heavy atom. The number of aryl methyl sites for hydroxylation is 1. The fourth-order valence-corrected chi connectivity index (χ4v) is 2.55. The minimum absolute atomic E-state index is 0.151. The Balaban J connectivity index is 3.21. The number of benzene rings is 1. The molecule has 1 aromatic carbocycles. The minimum Gasteiger partial charge on any atom is -0.372 e. The number of hydrogen-bond donors (Lipinski definition) is 0. The predicted molar refractivity (Wildman–Crippen MR) is 88.1 cm³/mol. The molecule has 2 heteroatoms. The van der Waals surface area contributed by atoms with Crippen molar-refractivity contribution in [2.45, 2.75) is 59.8 Å². The molecule has 104 valence electrons. The van der Waals surface area contributed by atoms with Gasteiger partial charge in [-0.3, -0.25) is 0 Å². The first-order chi connectivity index (χ1) is 8.81. The van der Waals surface area contributed by atoms with Gasteiger partial charge in [0.15, 0.2) is 0 Å². The maximum absolute atomic E-state index is 6.34. The molecule has 0 heterocycles. The summed E-state index contributed by atoms with van der Waals surface area (Å²) in [5, 5.41) is 0. The smallest absolute Gasteiger partial charge is 0.116 e. The Morgan fingerprint density at radius 2 is 1.58 bits per heavy atom. The summed E-state index contributed by atoms with van der Waals surface area (Å²) in [7, 11) is 6.34. The highest BCUT2D eigenvalue weighted by molar-refractivity contribution is 6.36. The van der Waals surface area contributed by atoms with Gasteiger partial charge in [0.05, 0.1) is 0 Å². The van der Waals surface area contributed by atoms with E-state index in [1.54, 1.807) is 0 Å². The zero-order chi connectivity index (χ0) is 14.6. The second-order valence-corrected chi connectivity index (χ2v) is 6.47. The van der Waals surface area contributed by atoms with Crippen molar-refractivity contribution in [1.82, 2.24) is 0 Å². The number of hydrogen-bond acceptors (Lipinski definition) is 1. The molecule has 0 aliphatic rings. The van der Waals surface area contributed by atoms with Gasteiger partial charge in [-0.15, -0.1) is 0 Å². The summed E-state index contributed by atoms with van der Waals surface area (Å²) in [6.07, 6.45) is 2.31. The first-order valence-corrected chi connectivity index (χ1v) is 7.46. The van der Waals surface area contributed by atoms with E-state index < -0.39 is 0 Å². The van der Waals surface area contributed by atoms with Crippen LogP contribution in [-0.4, -0.2) is 20.9 Å². The van der Waals surface area contributed by atoms with E-state index >= 15 is 0 Å². The van der Waals surface area contributed by atoms with E-state index in [9.17, 15) is 0 Å². The van der Waals surface area contributed by atoms with Gasteiger partial charge in [-0.05, 0) is 36.3 Å². The van der Waals surface area contributed by atoms with Crippen LogP contribution in [0.25, 0.3) is 0 Å². The molecule has 19 heavy (non-hydrogen) atoms. The van der Waals surface area contributed by atoms with Crippen LogP contribution in [0.5, 0.6) is 0 Å². The molecule has 0 atom stereocenters. The van der Waals surface area contributed by atoms with Gasteiger partial charge >= 0.3 is 0 Å². The molecule has 2 radical (unpaired) electrons. The Labute approximate surface area is 120 Å². The van der Waals surface area contributed by atoms with Crippen LogP contribution in [0.4, 0.5) is 5.69 Å². The molecule has 0 spiro atoms. The van der Waals surface area contributed by atoms with Crippen LogP contribution in [0.2, 0.25) is 0 Å². The lowest BCUT2D eigenvalue weighted by atomic mass is 9.80. The van der Waals surface area contributed by atoms with Gasteiger partial charge in [-0.1, -0.05) is 52.2 Å². The van der Waals surface area contributed by atoms with Gasteiger partial charge in [0.2, 0.25) is 0 Å². The number of rotatable bonds is 5. The second-order valence-electron chi connectivity index (χ2n) is 6.47. The fourth-order valence-electron chi connectivity index (χ4n) is 2.55. The molecule has 0 amide bonds. The fraction of sp³-hybridized carbons (Fsp3) is 0.647. The van der Waals surface area contributed by atoms with Crippen LogP contribution in [0.3, 0.4) is 0 Å². The predicted octanol–water partition coefficient (Wildman–Crippen LogP) is 3.71. The van der Waals surface area contributed by atoms with Gasteiger partial charge in [0.1, 0.15) is 7.85 Å². The highest BCUT2D eigenvalue weighted by Crippen LogP contribution is 2.26. The highest BCUT2D eigenvalue weighted by atomic mass is 15.1. The molecular formula is C17H28BN. The first-order valence-electron chi connectivity index (χ1n) is 7.46. The molecule has 0 aliphatic heterocycles. The molecule has 0 saturated heterocycles. The van der Waals surface area contributed by atoms with Crippen molar-refractivity contribution in [2.24, 2.45) is 0 Å². The maximum Gasteiger partial charge on any atom is 0.116 e. The average Bonchev–Trinajstić information content (AvgIpc) is 2.27. The van der Waals surface area contributed by atoms with E-state index in [4.69, 9.17) is 7.85 Å². The SMILES string of the molecule is [B]c1cc(C(C)(C)C)cc(C)c1N(CCC)CCC. The van der Waals surface area contributed by atoms with Crippen LogP contribution in [0.1, 0.15) is 58.6 Å². The lowest BCUT2D eigenvalue weighted by Crippen LogP contribution is -2.31. The zero-order valence-electron chi connectivity index (χ0n) is 13.5. The first kappa shape index (κ1) is 16.1. The molecule has 0 aromatic heterocycles. The van der Waals surface area contributed by atoms with Crippen molar-refractivity contribution < 1.29 is 0 Å². The van der Waals surface area contributed by atoms with Crippen LogP contribution >= 0.6 is 0 Å². The van der Waals surface area contributed by atoms with Crippen molar-refractivity contribution in [3.8, 4) is 0 Å². The van der Waals surface area contributed by atoms with Crippen molar-refractivity contribution in [1.29, 1.82) is 0 Å². The van der Waals surface area contributed by atoms with Crippen molar-refractivity contribution >= 4 is 19.0 Å². The van der Waals surface area contributed by atoms with E-state index in [1.807, 2.05) is 0 Å². The molecule has 1 rings (SSSR count). The van der Waals surface area contributed by atoms with E-state index in [0.29, 0.717) is 0 Å². The molecule has 1 nitrogen and oxygen atoms in total. The van der Waals surface area contributed by atoms with Gasteiger partial charge in [0, 0.05) is 18.8 Å². The summed E-state index contributed by atoms with van der Waals surface area (Å²) in [6, 6.07) is 4.45. The molecule has 0 fully saturated rings. The largest absolute Gasteiger partial charge is 0.372 e. The van der Waals surface area contributed by atoms with Gasteiger partial charge in [-0.25, -0.2) is 0 Å². The highest BCUT2D eigenvalue weighted by Gasteiger charge is 2.18. The number of anilines is 1. The summed E-state index contributed by atoms with van der Waals surface area (Å²) in [6.45, 7) is 15.5. The third-order valence-electron chi connectivity index (χ3n) is 3.50. The van der Waals surface area contributed by atoms with Crippen LogP contribution in [0, 0.1) is 6.92 Å². The van der Waals surface area contributed by atoms with Gasteiger partial charge in [0.25, 0.3) is 0 Å². The maximum atomic E-state index is 6.34. The molecule has 0 bridgehead atoms. The molecular weight excluding hydrogens is 229 g/mol. The summed E-state index contributed by atoms with van der Waals surface area (Å²) in [5.74, 6) is 0. The Hall–Kier alpha value is -0.915. The summed E-state index contributed by atoms with van der Waals surface area (Å²) in [4.78, 5) is 2.43. The monoisotopic (exact) mass is 257 g/mol. The van der Waals surface area contributed by atoms with E-state index in [1.165, 1.54) is 16.8 Å². The van der Waals surface area contributed by atoms with E-state index in [-0.39, 0.29) is 5.41 Å². The van der Waals surface area contributed by atoms with E-state index in [0.717, 1.165) is 31.4 Å². The Bertz CT molecular complexity index is 389. The standard InChI is InChI=1S/C17H28BN/c1-7-9-19(10-8-2)16-13(3)11-14(12-15(16)18)17(4,5)6/h11-12H,7-10H2,1-6H3. The van der Waals surface area contributed by atoms with Gasteiger partial charge in [-0.2, -0.15) is 0 Å². The zero-order valence-corrected chi connectivity index (χ0v) is 13.5. The average molecular weight is 257 g/mol. The van der Waals surface area contributed by atoms with Crippen molar-refractivity contribution in [3.63, 3.8) is 0 Å². The third kappa shape index (κ3) is 4.02. The molecule has 0 aliphatic carbocycles. The van der Waals surface area contributed by atoms with Gasteiger partial charge < -0.3 is 4.90 Å². The lowest BCUT2D eigenvalue weighted by Gasteiger charge is -2.30. The molecule has 1 aromatic rings. The Kier molecular flexibility index (Phi) is 5.52.